The van der Waals surface area contributed by atoms with Gasteiger partial charge in [0.1, 0.15) is 11.3 Å². The Kier molecular flexibility index (Phi) is 7.08. The third kappa shape index (κ3) is 6.31. The van der Waals surface area contributed by atoms with Gasteiger partial charge in [-0.1, -0.05) is 18.5 Å². The summed E-state index contributed by atoms with van der Waals surface area (Å²) >= 11 is 1.09. The average Bonchev–Trinajstić information content (AvgIpc) is 2.83. The summed E-state index contributed by atoms with van der Waals surface area (Å²) in [6.07, 6.45) is 0.973. The Hall–Kier alpha value is -2.03. The molecule has 1 aromatic rings. The van der Waals surface area contributed by atoms with Crippen molar-refractivity contribution in [3.05, 3.63) is 11.8 Å². The molecular formula is C14H21N3O5S. The first-order valence-electron chi connectivity index (χ1n) is 7.12. The summed E-state index contributed by atoms with van der Waals surface area (Å²) in [5.41, 5.74) is -1.28. The first-order chi connectivity index (χ1) is 10.8. The van der Waals surface area contributed by atoms with Gasteiger partial charge in [-0.25, -0.2) is 4.79 Å². The number of nitrogens with one attached hydrogen (secondary N) is 2. The highest BCUT2D eigenvalue weighted by Gasteiger charge is 2.33. The third-order valence-electron chi connectivity index (χ3n) is 3.00. The van der Waals surface area contributed by atoms with Crippen LogP contribution in [0.25, 0.3) is 0 Å². The number of aliphatic carboxylic acids is 1. The van der Waals surface area contributed by atoms with Crippen LogP contribution in [0.2, 0.25) is 0 Å². The number of aryl methyl sites for hydroxylation is 1. The summed E-state index contributed by atoms with van der Waals surface area (Å²) < 4.78 is 4.82. The van der Waals surface area contributed by atoms with Crippen molar-refractivity contribution in [1.82, 2.24) is 10.5 Å². The van der Waals surface area contributed by atoms with Crippen LogP contribution >= 0.6 is 11.8 Å². The second-order valence-electron chi connectivity index (χ2n) is 5.30. The number of anilines is 1. The number of carboxylic acid groups (broad SMARTS) is 1. The molecule has 1 aromatic heterocycles. The molecular weight excluding hydrogens is 322 g/mol. The van der Waals surface area contributed by atoms with Gasteiger partial charge >= 0.3 is 5.97 Å². The molecule has 0 radical (unpaired) electrons. The quantitative estimate of drug-likeness (QED) is 0.620. The van der Waals surface area contributed by atoms with E-state index in [-0.39, 0.29) is 17.4 Å². The second-order valence-corrected chi connectivity index (χ2v) is 6.28. The number of hydrogen-bond donors (Lipinski definition) is 3. The molecule has 0 aliphatic carbocycles. The zero-order chi connectivity index (χ0) is 17.5. The van der Waals surface area contributed by atoms with Crippen molar-refractivity contribution in [1.29, 1.82) is 0 Å². The summed E-state index contributed by atoms with van der Waals surface area (Å²) in [5, 5.41) is 17.9. The van der Waals surface area contributed by atoms with E-state index in [1.165, 1.54) is 6.92 Å². The van der Waals surface area contributed by atoms with Gasteiger partial charge in [-0.05, 0) is 20.3 Å². The first-order valence-corrected chi connectivity index (χ1v) is 8.27. The van der Waals surface area contributed by atoms with E-state index in [1.54, 1.807) is 13.0 Å². The number of carboxylic acids is 1. The fraction of sp³-hybridized carbons (Fsp3) is 0.571. The number of carbonyl (C=O) groups is 3. The number of thioether (sulfide) groups is 1. The molecule has 0 saturated carbocycles. The Labute approximate surface area is 138 Å². The monoisotopic (exact) mass is 343 g/mol. The lowest BCUT2D eigenvalue weighted by Gasteiger charge is -2.25. The number of amides is 2. The maximum absolute atomic E-state index is 11.8. The molecule has 0 spiro atoms. The van der Waals surface area contributed by atoms with Crippen LogP contribution in [0.5, 0.6) is 0 Å². The predicted octanol–water partition coefficient (Wildman–Crippen LogP) is 1.41. The second kappa shape index (κ2) is 8.56. The van der Waals surface area contributed by atoms with Gasteiger partial charge in [0.15, 0.2) is 5.82 Å². The van der Waals surface area contributed by atoms with Gasteiger partial charge in [0.05, 0.1) is 11.5 Å². The molecule has 8 nitrogen and oxygen atoms in total. The largest absolute Gasteiger partial charge is 0.480 e. The molecule has 3 N–H and O–H groups in total. The highest BCUT2D eigenvalue weighted by molar-refractivity contribution is 8.00. The lowest BCUT2D eigenvalue weighted by molar-refractivity contribution is -0.146. The molecule has 1 rings (SSSR count). The van der Waals surface area contributed by atoms with Crippen molar-refractivity contribution >= 4 is 35.4 Å². The normalized spacial score (nSPS) is 13.2. The molecule has 1 atom stereocenters. The summed E-state index contributed by atoms with van der Waals surface area (Å²) in [6, 6.07) is 1.58. The van der Waals surface area contributed by atoms with E-state index in [2.05, 4.69) is 15.8 Å². The van der Waals surface area contributed by atoms with Crippen LogP contribution in [0.4, 0.5) is 5.82 Å². The van der Waals surface area contributed by atoms with Gasteiger partial charge in [-0.15, -0.1) is 11.8 Å². The molecule has 128 valence electrons. The number of aromatic nitrogens is 1. The molecule has 0 fully saturated rings. The highest BCUT2D eigenvalue weighted by Crippen LogP contribution is 2.13. The molecule has 1 heterocycles. The van der Waals surface area contributed by atoms with Crippen molar-refractivity contribution in [2.24, 2.45) is 0 Å². The van der Waals surface area contributed by atoms with Crippen molar-refractivity contribution in [2.45, 2.75) is 39.2 Å². The van der Waals surface area contributed by atoms with E-state index in [1.807, 2.05) is 6.92 Å². The summed E-state index contributed by atoms with van der Waals surface area (Å²) in [4.78, 5) is 34.7. The molecule has 0 saturated heterocycles. The van der Waals surface area contributed by atoms with E-state index in [9.17, 15) is 19.5 Å². The Morgan fingerprint density at radius 3 is 2.52 bits per heavy atom. The summed E-state index contributed by atoms with van der Waals surface area (Å²) in [7, 11) is 0. The van der Waals surface area contributed by atoms with Crippen molar-refractivity contribution in [3.8, 4) is 0 Å². The van der Waals surface area contributed by atoms with Crippen LogP contribution in [0.15, 0.2) is 10.6 Å². The Morgan fingerprint density at radius 1 is 1.35 bits per heavy atom. The topological polar surface area (TPSA) is 122 Å². The number of hydrogen-bond acceptors (Lipinski definition) is 6. The molecule has 23 heavy (non-hydrogen) atoms. The van der Waals surface area contributed by atoms with Crippen LogP contribution < -0.4 is 10.6 Å². The third-order valence-corrected chi connectivity index (χ3v) is 3.93. The molecule has 0 bridgehead atoms. The smallest absolute Gasteiger partial charge is 0.329 e. The van der Waals surface area contributed by atoms with Gasteiger partial charge in [0.25, 0.3) is 0 Å². The zero-order valence-corrected chi connectivity index (χ0v) is 14.2. The molecule has 2 amide bonds. The molecule has 0 aliphatic rings. The SMILES string of the molecule is CCCC(C)(NC(=O)CSCC(=O)Nc1cc(C)on1)C(=O)O. The first kappa shape index (κ1) is 19.0. The van der Waals surface area contributed by atoms with E-state index < -0.39 is 17.4 Å². The minimum Gasteiger partial charge on any atom is -0.480 e. The fourth-order valence-electron chi connectivity index (χ4n) is 1.91. The van der Waals surface area contributed by atoms with Crippen LogP contribution in [0.3, 0.4) is 0 Å². The standard InChI is InChI=1S/C14H21N3O5S/c1-4-5-14(3,13(20)21)16-12(19)8-23-7-11(18)15-10-6-9(2)22-17-10/h6H,4-5,7-8H2,1-3H3,(H,16,19)(H,20,21)(H,15,17,18). The van der Waals surface area contributed by atoms with Crippen molar-refractivity contribution in [2.75, 3.05) is 16.8 Å². The molecule has 0 aromatic carbocycles. The maximum atomic E-state index is 11.8. The zero-order valence-electron chi connectivity index (χ0n) is 13.3. The van der Waals surface area contributed by atoms with Crippen LogP contribution in [-0.2, 0) is 14.4 Å². The Morgan fingerprint density at radius 2 is 2.00 bits per heavy atom. The minimum atomic E-state index is -1.28. The number of rotatable bonds is 9. The van der Waals surface area contributed by atoms with Gasteiger partial charge < -0.3 is 20.3 Å². The van der Waals surface area contributed by atoms with E-state index in [0.717, 1.165) is 11.8 Å². The van der Waals surface area contributed by atoms with Gasteiger partial charge in [0.2, 0.25) is 11.8 Å². The molecule has 1 unspecified atom stereocenters. The van der Waals surface area contributed by atoms with E-state index in [0.29, 0.717) is 24.4 Å². The molecule has 0 aliphatic heterocycles. The predicted molar refractivity (Wildman–Crippen MR) is 86.3 cm³/mol. The highest BCUT2D eigenvalue weighted by atomic mass is 32.2. The number of nitrogens with zero attached hydrogens (tertiary/aromatic N) is 1. The minimum absolute atomic E-state index is 0.00214. The van der Waals surface area contributed by atoms with Gasteiger partial charge in [-0.3, -0.25) is 9.59 Å². The van der Waals surface area contributed by atoms with Gasteiger partial charge in [-0.2, -0.15) is 0 Å². The van der Waals surface area contributed by atoms with Gasteiger partial charge in [0, 0.05) is 6.07 Å². The van der Waals surface area contributed by atoms with Crippen LogP contribution in [0, 0.1) is 6.92 Å². The van der Waals surface area contributed by atoms with Crippen molar-refractivity contribution in [3.63, 3.8) is 0 Å². The lowest BCUT2D eigenvalue weighted by atomic mass is 9.96. The lowest BCUT2D eigenvalue weighted by Crippen LogP contribution is -2.52. The summed E-state index contributed by atoms with van der Waals surface area (Å²) in [6.45, 7) is 5.02. The van der Waals surface area contributed by atoms with E-state index in [4.69, 9.17) is 4.52 Å². The fourth-order valence-corrected chi connectivity index (χ4v) is 2.52. The Balaban J connectivity index is 2.35. The van der Waals surface area contributed by atoms with E-state index >= 15 is 0 Å². The summed E-state index contributed by atoms with van der Waals surface area (Å²) in [5.74, 6) is -0.856. The molecule has 9 heteroatoms. The number of carbonyl (C=O) groups excluding carboxylic acids is 2. The van der Waals surface area contributed by atoms with Crippen LogP contribution in [-0.4, -0.2) is 45.1 Å². The Bertz CT molecular complexity index is 575. The maximum Gasteiger partial charge on any atom is 0.329 e. The van der Waals surface area contributed by atoms with Crippen LogP contribution in [0.1, 0.15) is 32.4 Å². The van der Waals surface area contributed by atoms with Crippen molar-refractivity contribution < 1.29 is 24.0 Å². The average molecular weight is 343 g/mol.